The maximum absolute atomic E-state index is 12.1. The van der Waals surface area contributed by atoms with Crippen LogP contribution in [0.2, 0.25) is 0 Å². The standard InChI is InChI=1S/C12H6F3NO3/c13-12(14,15)11(19)16-8-5-9(17)6-3-1-2-4-7(6)10(8)18/h1-5H,(H,16,19). The lowest BCUT2D eigenvalue weighted by Gasteiger charge is -2.16. The summed E-state index contributed by atoms with van der Waals surface area (Å²) in [6.45, 7) is 0. The number of allylic oxidation sites excluding steroid dienone is 2. The van der Waals surface area contributed by atoms with Crippen molar-refractivity contribution in [1.82, 2.24) is 5.32 Å². The molecule has 1 aromatic rings. The Bertz CT molecular complexity index is 617. The van der Waals surface area contributed by atoms with Gasteiger partial charge in [0.15, 0.2) is 5.78 Å². The molecule has 98 valence electrons. The monoisotopic (exact) mass is 269 g/mol. The lowest BCUT2D eigenvalue weighted by molar-refractivity contribution is -0.172. The van der Waals surface area contributed by atoms with Crippen molar-refractivity contribution >= 4 is 17.5 Å². The molecule has 0 spiro atoms. The molecule has 0 unspecified atom stereocenters. The number of amides is 1. The number of halogens is 3. The van der Waals surface area contributed by atoms with Crippen molar-refractivity contribution in [3.8, 4) is 0 Å². The first-order valence-corrected chi connectivity index (χ1v) is 5.08. The summed E-state index contributed by atoms with van der Waals surface area (Å²) in [7, 11) is 0. The van der Waals surface area contributed by atoms with E-state index in [0.29, 0.717) is 6.08 Å². The molecule has 1 N–H and O–H groups in total. The third-order valence-electron chi connectivity index (χ3n) is 2.46. The van der Waals surface area contributed by atoms with Crippen molar-refractivity contribution in [3.05, 3.63) is 47.2 Å². The SMILES string of the molecule is O=C1C=C(NC(=O)C(F)(F)F)C(=O)c2ccccc21. The van der Waals surface area contributed by atoms with Gasteiger partial charge >= 0.3 is 12.1 Å². The Balaban J connectivity index is 2.34. The minimum absolute atomic E-state index is 0.0347. The van der Waals surface area contributed by atoms with Gasteiger partial charge in [0, 0.05) is 17.2 Å². The van der Waals surface area contributed by atoms with Gasteiger partial charge < -0.3 is 5.32 Å². The molecule has 0 heterocycles. The number of Topliss-reactive ketones (excluding diaryl/α,β-unsaturated/α-hetero) is 1. The fourth-order valence-corrected chi connectivity index (χ4v) is 1.60. The molecular weight excluding hydrogens is 263 g/mol. The van der Waals surface area contributed by atoms with Crippen molar-refractivity contribution in [2.75, 3.05) is 0 Å². The van der Waals surface area contributed by atoms with E-state index >= 15 is 0 Å². The second-order valence-electron chi connectivity index (χ2n) is 3.75. The zero-order chi connectivity index (χ0) is 14.2. The number of hydrogen-bond acceptors (Lipinski definition) is 3. The highest BCUT2D eigenvalue weighted by atomic mass is 19.4. The zero-order valence-corrected chi connectivity index (χ0v) is 9.25. The van der Waals surface area contributed by atoms with E-state index in [-0.39, 0.29) is 11.1 Å². The van der Waals surface area contributed by atoms with Gasteiger partial charge in [-0.05, 0) is 0 Å². The molecule has 19 heavy (non-hydrogen) atoms. The summed E-state index contributed by atoms with van der Waals surface area (Å²) in [5.74, 6) is -3.75. The van der Waals surface area contributed by atoms with Gasteiger partial charge in [0.05, 0.1) is 5.70 Å². The molecule has 0 atom stereocenters. The number of benzene rings is 1. The van der Waals surface area contributed by atoms with E-state index in [1.165, 1.54) is 29.6 Å². The van der Waals surface area contributed by atoms with Gasteiger partial charge in [0.1, 0.15) is 0 Å². The van der Waals surface area contributed by atoms with Gasteiger partial charge in [-0.1, -0.05) is 24.3 Å². The van der Waals surface area contributed by atoms with Gasteiger partial charge in [-0.25, -0.2) is 0 Å². The van der Waals surface area contributed by atoms with Crippen LogP contribution in [0.4, 0.5) is 13.2 Å². The predicted octanol–water partition coefficient (Wildman–Crippen LogP) is 1.63. The molecule has 1 aliphatic rings. The van der Waals surface area contributed by atoms with Crippen molar-refractivity contribution < 1.29 is 27.6 Å². The molecule has 0 fully saturated rings. The molecule has 0 bridgehead atoms. The normalized spacial score (nSPS) is 14.8. The van der Waals surface area contributed by atoms with Gasteiger partial charge in [-0.3, -0.25) is 14.4 Å². The highest BCUT2D eigenvalue weighted by molar-refractivity contribution is 6.25. The Kier molecular flexibility index (Phi) is 2.97. The molecule has 1 aromatic carbocycles. The quantitative estimate of drug-likeness (QED) is 0.842. The Morgan fingerprint density at radius 1 is 1.05 bits per heavy atom. The average Bonchev–Trinajstić information content (AvgIpc) is 2.34. The molecule has 0 saturated heterocycles. The molecule has 1 aliphatic carbocycles. The first-order valence-electron chi connectivity index (χ1n) is 5.08. The van der Waals surface area contributed by atoms with Crippen molar-refractivity contribution in [2.24, 2.45) is 0 Å². The summed E-state index contributed by atoms with van der Waals surface area (Å²) >= 11 is 0. The smallest absolute Gasteiger partial charge is 0.315 e. The van der Waals surface area contributed by atoms with E-state index in [1.807, 2.05) is 0 Å². The number of rotatable bonds is 1. The van der Waals surface area contributed by atoms with Crippen molar-refractivity contribution in [3.63, 3.8) is 0 Å². The largest absolute Gasteiger partial charge is 0.471 e. The summed E-state index contributed by atoms with van der Waals surface area (Å²) in [5, 5.41) is 1.41. The van der Waals surface area contributed by atoms with Crippen LogP contribution in [0.1, 0.15) is 20.7 Å². The Morgan fingerprint density at radius 2 is 1.63 bits per heavy atom. The van der Waals surface area contributed by atoms with Crippen molar-refractivity contribution in [1.29, 1.82) is 0 Å². The lowest BCUT2D eigenvalue weighted by Crippen LogP contribution is -2.39. The average molecular weight is 269 g/mol. The molecule has 0 radical (unpaired) electrons. The lowest BCUT2D eigenvalue weighted by atomic mass is 9.93. The van der Waals surface area contributed by atoms with Crippen LogP contribution in [0.3, 0.4) is 0 Å². The van der Waals surface area contributed by atoms with Crippen LogP contribution in [0, 0.1) is 0 Å². The number of hydrogen-bond donors (Lipinski definition) is 1. The van der Waals surface area contributed by atoms with Gasteiger partial charge in [-0.15, -0.1) is 0 Å². The predicted molar refractivity (Wildman–Crippen MR) is 57.4 cm³/mol. The molecule has 0 saturated carbocycles. The van der Waals surface area contributed by atoms with Crippen LogP contribution in [0.5, 0.6) is 0 Å². The van der Waals surface area contributed by atoms with Crippen LogP contribution in [0.15, 0.2) is 36.0 Å². The van der Waals surface area contributed by atoms with E-state index < -0.39 is 29.3 Å². The summed E-state index contributed by atoms with van der Waals surface area (Å²) in [5.41, 5.74) is -0.615. The number of carbonyl (C=O) groups is 3. The summed E-state index contributed by atoms with van der Waals surface area (Å²) in [4.78, 5) is 34.2. The third-order valence-corrected chi connectivity index (χ3v) is 2.46. The van der Waals surface area contributed by atoms with E-state index in [9.17, 15) is 27.6 Å². The maximum atomic E-state index is 12.1. The Hall–Kier alpha value is -2.44. The third kappa shape index (κ3) is 2.40. The second kappa shape index (κ2) is 4.34. The first-order chi connectivity index (χ1) is 8.80. The Labute approximate surface area is 104 Å². The topological polar surface area (TPSA) is 63.2 Å². The minimum atomic E-state index is -5.12. The number of carbonyl (C=O) groups excluding carboxylic acids is 3. The van der Waals surface area contributed by atoms with E-state index in [1.54, 1.807) is 0 Å². The van der Waals surface area contributed by atoms with Gasteiger partial charge in [0.25, 0.3) is 0 Å². The van der Waals surface area contributed by atoms with E-state index in [4.69, 9.17) is 0 Å². The van der Waals surface area contributed by atoms with Crippen LogP contribution >= 0.6 is 0 Å². The molecule has 0 aromatic heterocycles. The summed E-state index contributed by atoms with van der Waals surface area (Å²) in [6, 6.07) is 5.69. The summed E-state index contributed by atoms with van der Waals surface area (Å²) < 4.78 is 36.3. The number of nitrogens with one attached hydrogen (secondary N) is 1. The molecule has 1 amide bonds. The molecule has 0 aliphatic heterocycles. The second-order valence-corrected chi connectivity index (χ2v) is 3.75. The minimum Gasteiger partial charge on any atom is -0.315 e. The zero-order valence-electron chi connectivity index (χ0n) is 9.25. The van der Waals surface area contributed by atoms with Gasteiger partial charge in [0.2, 0.25) is 5.78 Å². The highest BCUT2D eigenvalue weighted by Gasteiger charge is 2.40. The Morgan fingerprint density at radius 3 is 2.21 bits per heavy atom. The molecular formula is C12H6F3NO3. The number of fused-ring (bicyclic) bond motifs is 1. The van der Waals surface area contributed by atoms with Crippen LogP contribution in [-0.2, 0) is 4.79 Å². The van der Waals surface area contributed by atoms with E-state index in [0.717, 1.165) is 0 Å². The number of alkyl halides is 3. The summed E-state index contributed by atoms with van der Waals surface area (Å²) in [6.07, 6.45) is -4.44. The van der Waals surface area contributed by atoms with Crippen LogP contribution in [-0.4, -0.2) is 23.6 Å². The van der Waals surface area contributed by atoms with E-state index in [2.05, 4.69) is 0 Å². The van der Waals surface area contributed by atoms with Crippen molar-refractivity contribution in [2.45, 2.75) is 6.18 Å². The maximum Gasteiger partial charge on any atom is 0.471 e. The fourth-order valence-electron chi connectivity index (χ4n) is 1.60. The van der Waals surface area contributed by atoms with Crippen LogP contribution < -0.4 is 5.32 Å². The molecule has 7 heteroatoms. The van der Waals surface area contributed by atoms with Crippen LogP contribution in [0.25, 0.3) is 0 Å². The molecule has 4 nitrogen and oxygen atoms in total. The highest BCUT2D eigenvalue weighted by Crippen LogP contribution is 2.21. The number of ketones is 2. The van der Waals surface area contributed by atoms with Gasteiger partial charge in [-0.2, -0.15) is 13.2 Å². The first kappa shape index (κ1) is 13.0. The fraction of sp³-hybridized carbons (Fsp3) is 0.0833. The molecule has 2 rings (SSSR count).